The van der Waals surface area contributed by atoms with Gasteiger partial charge in [-0.3, -0.25) is 9.59 Å². The van der Waals surface area contributed by atoms with Crippen molar-refractivity contribution in [2.45, 2.75) is 26.2 Å². The summed E-state index contributed by atoms with van der Waals surface area (Å²) < 4.78 is 5.52. The van der Waals surface area contributed by atoms with Gasteiger partial charge in [0.2, 0.25) is 5.91 Å². The van der Waals surface area contributed by atoms with Crippen LogP contribution in [0.5, 0.6) is 5.75 Å². The molecule has 0 aliphatic carbocycles. The van der Waals surface area contributed by atoms with E-state index in [1.54, 1.807) is 29.7 Å². The molecule has 1 aromatic heterocycles. The van der Waals surface area contributed by atoms with Crippen molar-refractivity contribution in [2.24, 2.45) is 0 Å². The van der Waals surface area contributed by atoms with Crippen LogP contribution in [0.25, 0.3) is 0 Å². The fourth-order valence-corrected chi connectivity index (χ4v) is 3.70. The summed E-state index contributed by atoms with van der Waals surface area (Å²) in [6, 6.07) is 7.15. The average Bonchev–Trinajstić information content (AvgIpc) is 3.25. The number of carbonyl (C=O) groups is 2. The molecule has 1 aromatic carbocycles. The number of anilines is 1. The largest absolute Gasteiger partial charge is 0.494 e. The maximum absolute atomic E-state index is 12.4. The van der Waals surface area contributed by atoms with E-state index >= 15 is 0 Å². The van der Waals surface area contributed by atoms with Gasteiger partial charge < -0.3 is 14.5 Å². The van der Waals surface area contributed by atoms with E-state index in [4.69, 9.17) is 4.74 Å². The van der Waals surface area contributed by atoms with Gasteiger partial charge in [0.25, 0.3) is 0 Å². The third-order valence-corrected chi connectivity index (χ3v) is 5.37. The van der Waals surface area contributed by atoms with Crippen LogP contribution in [-0.2, 0) is 4.79 Å². The molecule has 0 N–H and O–H groups in total. The topological polar surface area (TPSA) is 62.7 Å². The van der Waals surface area contributed by atoms with Crippen LogP contribution in [0.3, 0.4) is 0 Å². The third-order valence-electron chi connectivity index (χ3n) is 4.54. The van der Waals surface area contributed by atoms with Crippen molar-refractivity contribution in [1.29, 1.82) is 0 Å². The molecule has 1 aliphatic rings. The van der Waals surface area contributed by atoms with Gasteiger partial charge in [0.1, 0.15) is 5.75 Å². The Labute approximate surface area is 163 Å². The number of rotatable bonds is 8. The Morgan fingerprint density at radius 2 is 1.85 bits per heavy atom. The number of aromatic nitrogens is 1. The highest BCUT2D eigenvalue weighted by atomic mass is 32.1. The van der Waals surface area contributed by atoms with Gasteiger partial charge in [0.05, 0.1) is 6.61 Å². The lowest BCUT2D eigenvalue weighted by molar-refractivity contribution is -0.131. The molecule has 7 heteroatoms. The number of hydrogen-bond acceptors (Lipinski definition) is 6. The van der Waals surface area contributed by atoms with E-state index in [1.165, 1.54) is 0 Å². The number of amides is 1. The molecule has 1 saturated heterocycles. The molecule has 2 aromatic rings. The molecule has 1 aliphatic heterocycles. The summed E-state index contributed by atoms with van der Waals surface area (Å²) in [6.07, 6.45) is 3.23. The summed E-state index contributed by atoms with van der Waals surface area (Å²) in [5, 5.41) is 2.96. The molecular weight excluding hydrogens is 362 g/mol. The van der Waals surface area contributed by atoms with E-state index < -0.39 is 0 Å². The second-order valence-electron chi connectivity index (χ2n) is 6.48. The van der Waals surface area contributed by atoms with Gasteiger partial charge in [-0.2, -0.15) is 0 Å². The molecule has 6 nitrogen and oxygen atoms in total. The van der Waals surface area contributed by atoms with Crippen molar-refractivity contribution in [3.63, 3.8) is 0 Å². The van der Waals surface area contributed by atoms with Crippen LogP contribution in [0, 0.1) is 0 Å². The number of ether oxygens (including phenoxy) is 1. The zero-order chi connectivity index (χ0) is 19.1. The lowest BCUT2D eigenvalue weighted by Crippen LogP contribution is -2.48. The Balaban J connectivity index is 1.43. The molecule has 0 saturated carbocycles. The minimum absolute atomic E-state index is 0.00758. The third kappa shape index (κ3) is 5.29. The van der Waals surface area contributed by atoms with Crippen LogP contribution in [0.4, 0.5) is 5.13 Å². The maximum atomic E-state index is 12.4. The van der Waals surface area contributed by atoms with E-state index in [2.05, 4.69) is 9.88 Å². The molecule has 0 atom stereocenters. The SMILES string of the molecule is CCCOc1ccc(C(=O)CCC(=O)N2CCN(c3nccs3)CC2)cc1. The first-order valence-electron chi connectivity index (χ1n) is 9.35. The number of nitrogens with zero attached hydrogens (tertiary/aromatic N) is 3. The molecule has 1 amide bonds. The molecule has 27 heavy (non-hydrogen) atoms. The molecule has 0 bridgehead atoms. The predicted octanol–water partition coefficient (Wildman–Crippen LogP) is 3.24. The molecule has 144 valence electrons. The minimum Gasteiger partial charge on any atom is -0.494 e. The number of benzene rings is 1. The number of ketones is 1. The number of Topliss-reactive ketones (excluding diaryl/α,β-unsaturated/α-hetero) is 1. The van der Waals surface area contributed by atoms with E-state index in [0.29, 0.717) is 25.3 Å². The fourth-order valence-electron chi connectivity index (χ4n) is 3.00. The molecule has 1 fully saturated rings. The standard InChI is InChI=1S/C20H25N3O3S/c1-2-14-26-17-5-3-16(4-6-17)18(24)7-8-19(25)22-10-12-23(13-11-22)20-21-9-15-27-20/h3-6,9,15H,2,7-8,10-14H2,1H3. The van der Waals surface area contributed by atoms with E-state index in [9.17, 15) is 9.59 Å². The first-order chi connectivity index (χ1) is 13.2. The molecule has 0 radical (unpaired) electrons. The lowest BCUT2D eigenvalue weighted by atomic mass is 10.1. The van der Waals surface area contributed by atoms with E-state index in [0.717, 1.165) is 30.4 Å². The fraction of sp³-hybridized carbons (Fsp3) is 0.450. The Bertz CT molecular complexity index is 738. The van der Waals surface area contributed by atoms with Crippen LogP contribution in [0.1, 0.15) is 36.5 Å². The molecule has 0 spiro atoms. The zero-order valence-electron chi connectivity index (χ0n) is 15.6. The molecule has 0 unspecified atom stereocenters. The van der Waals surface area contributed by atoms with Gasteiger partial charge in [0.15, 0.2) is 10.9 Å². The van der Waals surface area contributed by atoms with Gasteiger partial charge in [-0.15, -0.1) is 11.3 Å². The molecular formula is C20H25N3O3S. The number of hydrogen-bond donors (Lipinski definition) is 0. The van der Waals surface area contributed by atoms with E-state index in [-0.39, 0.29) is 24.5 Å². The quantitative estimate of drug-likeness (QED) is 0.651. The summed E-state index contributed by atoms with van der Waals surface area (Å²) in [5.41, 5.74) is 0.625. The smallest absolute Gasteiger partial charge is 0.223 e. The van der Waals surface area contributed by atoms with Gasteiger partial charge in [-0.1, -0.05) is 6.92 Å². The molecule has 3 rings (SSSR count). The minimum atomic E-state index is -0.00758. The van der Waals surface area contributed by atoms with Crippen LogP contribution >= 0.6 is 11.3 Å². The van der Waals surface area contributed by atoms with Gasteiger partial charge in [-0.05, 0) is 30.7 Å². The van der Waals surface area contributed by atoms with Crippen molar-refractivity contribution in [3.05, 3.63) is 41.4 Å². The second-order valence-corrected chi connectivity index (χ2v) is 7.35. The van der Waals surface area contributed by atoms with Crippen molar-refractivity contribution in [1.82, 2.24) is 9.88 Å². The summed E-state index contributed by atoms with van der Waals surface area (Å²) in [6.45, 7) is 5.64. The van der Waals surface area contributed by atoms with Crippen LogP contribution < -0.4 is 9.64 Å². The normalized spacial score (nSPS) is 14.3. The Kier molecular flexibility index (Phi) is 6.81. The van der Waals surface area contributed by atoms with Gasteiger partial charge in [0, 0.05) is 56.2 Å². The molecule has 2 heterocycles. The number of piperazine rings is 1. The van der Waals surface area contributed by atoms with Crippen molar-refractivity contribution < 1.29 is 14.3 Å². The second kappa shape index (κ2) is 9.50. The lowest BCUT2D eigenvalue weighted by Gasteiger charge is -2.34. The van der Waals surface area contributed by atoms with Crippen molar-refractivity contribution >= 4 is 28.2 Å². The summed E-state index contributed by atoms with van der Waals surface area (Å²) in [4.78, 5) is 33.1. The number of thiazole rings is 1. The van der Waals surface area contributed by atoms with Crippen molar-refractivity contribution in [3.8, 4) is 5.75 Å². The van der Waals surface area contributed by atoms with Crippen LogP contribution in [-0.4, -0.2) is 54.4 Å². The van der Waals surface area contributed by atoms with Gasteiger partial charge >= 0.3 is 0 Å². The Hall–Kier alpha value is -2.41. The van der Waals surface area contributed by atoms with E-state index in [1.807, 2.05) is 29.3 Å². The average molecular weight is 388 g/mol. The zero-order valence-corrected chi connectivity index (χ0v) is 16.4. The van der Waals surface area contributed by atoms with Crippen LogP contribution in [0.2, 0.25) is 0 Å². The number of carbonyl (C=O) groups excluding carboxylic acids is 2. The Morgan fingerprint density at radius 3 is 2.48 bits per heavy atom. The highest BCUT2D eigenvalue weighted by Gasteiger charge is 2.22. The van der Waals surface area contributed by atoms with Crippen LogP contribution in [0.15, 0.2) is 35.8 Å². The summed E-state index contributed by atoms with van der Waals surface area (Å²) in [5.74, 6) is 0.805. The monoisotopic (exact) mass is 387 g/mol. The predicted molar refractivity (Wildman–Crippen MR) is 107 cm³/mol. The van der Waals surface area contributed by atoms with Gasteiger partial charge in [-0.25, -0.2) is 4.98 Å². The highest BCUT2D eigenvalue weighted by molar-refractivity contribution is 7.13. The first kappa shape index (κ1) is 19.4. The Morgan fingerprint density at radius 1 is 1.11 bits per heavy atom. The summed E-state index contributed by atoms with van der Waals surface area (Å²) >= 11 is 1.61. The highest BCUT2D eigenvalue weighted by Crippen LogP contribution is 2.19. The van der Waals surface area contributed by atoms with Crippen molar-refractivity contribution in [2.75, 3.05) is 37.7 Å². The maximum Gasteiger partial charge on any atom is 0.223 e. The summed E-state index contributed by atoms with van der Waals surface area (Å²) in [7, 11) is 0. The first-order valence-corrected chi connectivity index (χ1v) is 10.2.